The van der Waals surface area contributed by atoms with Crippen molar-refractivity contribution in [2.45, 2.75) is 39.2 Å². The van der Waals surface area contributed by atoms with Crippen LogP contribution >= 0.6 is 0 Å². The van der Waals surface area contributed by atoms with Crippen molar-refractivity contribution in [1.29, 1.82) is 0 Å². The molecule has 0 aliphatic rings. The number of aliphatic hydroxyl groups excluding tert-OH is 1. The maximum absolute atomic E-state index is 9.37. The Morgan fingerprint density at radius 2 is 1.89 bits per heavy atom. The van der Waals surface area contributed by atoms with Gasteiger partial charge in [-0.15, -0.1) is 0 Å². The van der Waals surface area contributed by atoms with Gasteiger partial charge in [-0.05, 0) is 37.6 Å². The Balaban J connectivity index is 2.51. The molecule has 0 aliphatic heterocycles. The SMILES string of the molecule is CCCc1ccc(OCC(C)(CO)NCC)cc1. The normalized spacial score (nSPS) is 14.2. The van der Waals surface area contributed by atoms with Gasteiger partial charge in [0.05, 0.1) is 12.1 Å². The van der Waals surface area contributed by atoms with Crippen molar-refractivity contribution in [2.24, 2.45) is 0 Å². The molecular weight excluding hydrogens is 226 g/mol. The first kappa shape index (κ1) is 15.0. The molecule has 0 saturated carbocycles. The minimum atomic E-state index is -0.378. The number of ether oxygens (including phenoxy) is 1. The third-order valence-corrected chi connectivity index (χ3v) is 2.97. The number of hydrogen-bond donors (Lipinski definition) is 2. The highest BCUT2D eigenvalue weighted by Crippen LogP contribution is 2.15. The largest absolute Gasteiger partial charge is 0.492 e. The molecule has 18 heavy (non-hydrogen) atoms. The zero-order valence-electron chi connectivity index (χ0n) is 11.7. The topological polar surface area (TPSA) is 41.5 Å². The van der Waals surface area contributed by atoms with Crippen molar-refractivity contribution in [2.75, 3.05) is 19.8 Å². The van der Waals surface area contributed by atoms with Crippen LogP contribution in [0.1, 0.15) is 32.8 Å². The second-order valence-electron chi connectivity index (χ2n) is 4.93. The standard InChI is InChI=1S/C15H25NO2/c1-4-6-13-7-9-14(10-8-13)18-12-15(3,11-17)16-5-2/h7-10,16-17H,4-6,11-12H2,1-3H3. The minimum absolute atomic E-state index is 0.0642. The van der Waals surface area contributed by atoms with Gasteiger partial charge in [0.2, 0.25) is 0 Å². The first-order chi connectivity index (χ1) is 8.63. The lowest BCUT2D eigenvalue weighted by Gasteiger charge is -2.28. The fourth-order valence-electron chi connectivity index (χ4n) is 1.86. The second-order valence-corrected chi connectivity index (χ2v) is 4.93. The van der Waals surface area contributed by atoms with Gasteiger partial charge >= 0.3 is 0 Å². The third-order valence-electron chi connectivity index (χ3n) is 2.97. The van der Waals surface area contributed by atoms with Crippen LogP contribution in [0.5, 0.6) is 5.75 Å². The number of likely N-dealkylation sites (N-methyl/N-ethyl adjacent to an activating group) is 1. The zero-order valence-corrected chi connectivity index (χ0v) is 11.7. The molecule has 0 bridgehead atoms. The van der Waals surface area contributed by atoms with E-state index in [1.165, 1.54) is 5.56 Å². The van der Waals surface area contributed by atoms with Crippen molar-refractivity contribution in [1.82, 2.24) is 5.32 Å². The number of benzene rings is 1. The van der Waals surface area contributed by atoms with Gasteiger partial charge in [0.15, 0.2) is 0 Å². The second kappa shape index (κ2) is 7.39. The summed E-state index contributed by atoms with van der Waals surface area (Å²) in [6, 6.07) is 8.19. The highest BCUT2D eigenvalue weighted by Gasteiger charge is 2.22. The van der Waals surface area contributed by atoms with E-state index < -0.39 is 0 Å². The van der Waals surface area contributed by atoms with Crippen molar-refractivity contribution in [3.63, 3.8) is 0 Å². The minimum Gasteiger partial charge on any atom is -0.492 e. The van der Waals surface area contributed by atoms with E-state index >= 15 is 0 Å². The average Bonchev–Trinajstić information content (AvgIpc) is 2.39. The monoisotopic (exact) mass is 251 g/mol. The van der Waals surface area contributed by atoms with Crippen molar-refractivity contribution in [3.05, 3.63) is 29.8 Å². The number of aryl methyl sites for hydroxylation is 1. The van der Waals surface area contributed by atoms with Gasteiger partial charge in [-0.3, -0.25) is 0 Å². The summed E-state index contributed by atoms with van der Waals surface area (Å²) < 4.78 is 5.73. The van der Waals surface area contributed by atoms with Gasteiger partial charge in [0, 0.05) is 0 Å². The molecule has 102 valence electrons. The average molecular weight is 251 g/mol. The van der Waals surface area contributed by atoms with E-state index in [0.29, 0.717) is 6.61 Å². The first-order valence-corrected chi connectivity index (χ1v) is 6.71. The van der Waals surface area contributed by atoms with Crippen LogP contribution in [-0.2, 0) is 6.42 Å². The van der Waals surface area contributed by atoms with Crippen molar-refractivity contribution < 1.29 is 9.84 Å². The molecule has 0 aromatic heterocycles. The molecule has 0 aliphatic carbocycles. The Morgan fingerprint density at radius 3 is 2.39 bits per heavy atom. The fraction of sp³-hybridized carbons (Fsp3) is 0.600. The number of hydrogen-bond acceptors (Lipinski definition) is 3. The van der Waals surface area contributed by atoms with E-state index in [2.05, 4.69) is 24.4 Å². The molecular formula is C15H25NO2. The van der Waals surface area contributed by atoms with E-state index in [9.17, 15) is 5.11 Å². The molecule has 2 N–H and O–H groups in total. The van der Waals surface area contributed by atoms with Crippen LogP contribution in [0.25, 0.3) is 0 Å². The lowest BCUT2D eigenvalue weighted by Crippen LogP contribution is -2.50. The highest BCUT2D eigenvalue weighted by atomic mass is 16.5. The predicted molar refractivity (Wildman–Crippen MR) is 75.1 cm³/mol. The summed E-state index contributed by atoms with van der Waals surface area (Å²) in [5.41, 5.74) is 0.957. The Labute approximate surface area is 110 Å². The zero-order chi connectivity index (χ0) is 13.4. The van der Waals surface area contributed by atoms with E-state index in [1.54, 1.807) is 0 Å². The smallest absolute Gasteiger partial charge is 0.119 e. The molecule has 1 aromatic rings. The van der Waals surface area contributed by atoms with Crippen LogP contribution in [-0.4, -0.2) is 30.4 Å². The number of rotatable bonds is 8. The van der Waals surface area contributed by atoms with Gasteiger partial charge < -0.3 is 15.2 Å². The van der Waals surface area contributed by atoms with Crippen molar-refractivity contribution >= 4 is 0 Å². The molecule has 1 unspecified atom stereocenters. The maximum Gasteiger partial charge on any atom is 0.119 e. The summed E-state index contributed by atoms with van der Waals surface area (Å²) >= 11 is 0. The van der Waals surface area contributed by atoms with Crippen LogP contribution in [0, 0.1) is 0 Å². The van der Waals surface area contributed by atoms with E-state index in [4.69, 9.17) is 4.74 Å². The quantitative estimate of drug-likeness (QED) is 0.745. The number of nitrogens with one attached hydrogen (secondary N) is 1. The molecule has 0 amide bonds. The van der Waals surface area contributed by atoms with Crippen molar-refractivity contribution in [3.8, 4) is 5.75 Å². The van der Waals surface area contributed by atoms with Gasteiger partial charge in [-0.2, -0.15) is 0 Å². The van der Waals surface area contributed by atoms with Gasteiger partial charge in [0.25, 0.3) is 0 Å². The van der Waals surface area contributed by atoms with E-state index in [1.807, 2.05) is 26.0 Å². The fourth-order valence-corrected chi connectivity index (χ4v) is 1.86. The highest BCUT2D eigenvalue weighted by molar-refractivity contribution is 5.27. The van der Waals surface area contributed by atoms with Gasteiger partial charge in [-0.1, -0.05) is 32.4 Å². The predicted octanol–water partition coefficient (Wildman–Crippen LogP) is 2.38. The Kier molecular flexibility index (Phi) is 6.16. The first-order valence-electron chi connectivity index (χ1n) is 6.71. The number of aliphatic hydroxyl groups is 1. The summed E-state index contributed by atoms with van der Waals surface area (Å²) in [6.07, 6.45) is 2.26. The summed E-state index contributed by atoms with van der Waals surface area (Å²) in [5, 5.41) is 12.6. The van der Waals surface area contributed by atoms with Crippen LogP contribution < -0.4 is 10.1 Å². The van der Waals surface area contributed by atoms with Crippen LogP contribution in [0.3, 0.4) is 0 Å². The Morgan fingerprint density at radius 1 is 1.22 bits per heavy atom. The summed E-state index contributed by atoms with van der Waals surface area (Å²) in [4.78, 5) is 0. The molecule has 3 nitrogen and oxygen atoms in total. The molecule has 0 fully saturated rings. The molecule has 0 saturated heterocycles. The Bertz CT molecular complexity index is 337. The molecule has 3 heteroatoms. The Hall–Kier alpha value is -1.06. The molecule has 1 aromatic carbocycles. The molecule has 0 spiro atoms. The lowest BCUT2D eigenvalue weighted by atomic mass is 10.1. The van der Waals surface area contributed by atoms with Crippen LogP contribution in [0.2, 0.25) is 0 Å². The summed E-state index contributed by atoms with van der Waals surface area (Å²) in [7, 11) is 0. The van der Waals surface area contributed by atoms with E-state index in [0.717, 1.165) is 25.1 Å². The molecule has 0 radical (unpaired) electrons. The summed E-state index contributed by atoms with van der Waals surface area (Å²) in [6.45, 7) is 7.50. The lowest BCUT2D eigenvalue weighted by molar-refractivity contribution is 0.117. The molecule has 1 rings (SSSR count). The van der Waals surface area contributed by atoms with Gasteiger partial charge in [0.1, 0.15) is 12.4 Å². The summed E-state index contributed by atoms with van der Waals surface area (Å²) in [5.74, 6) is 0.854. The third kappa shape index (κ3) is 4.67. The van der Waals surface area contributed by atoms with Crippen LogP contribution in [0.15, 0.2) is 24.3 Å². The van der Waals surface area contributed by atoms with Gasteiger partial charge in [-0.25, -0.2) is 0 Å². The molecule has 0 heterocycles. The van der Waals surface area contributed by atoms with E-state index in [-0.39, 0.29) is 12.1 Å². The van der Waals surface area contributed by atoms with Crippen LogP contribution in [0.4, 0.5) is 0 Å². The molecule has 1 atom stereocenters. The maximum atomic E-state index is 9.37.